The van der Waals surface area contributed by atoms with Crippen molar-refractivity contribution in [3.05, 3.63) is 33.2 Å². The molecule has 3 aromatic rings. The lowest BCUT2D eigenvalue weighted by molar-refractivity contribution is 1.08. The molecule has 1 N–H and O–H groups in total. The van der Waals surface area contributed by atoms with E-state index in [1.165, 1.54) is 11.7 Å². The van der Waals surface area contributed by atoms with Crippen LogP contribution in [0.1, 0.15) is 10.7 Å². The zero-order valence-electron chi connectivity index (χ0n) is 9.48. The quantitative estimate of drug-likeness (QED) is 0.800. The molecular weight excluding hydrogens is 288 g/mol. The van der Waals surface area contributed by atoms with Crippen LogP contribution in [0.3, 0.4) is 0 Å². The molecule has 0 unspecified atom stereocenters. The molecule has 2 heterocycles. The topological polar surface area (TPSA) is 50.7 Å². The lowest BCUT2D eigenvalue weighted by Crippen LogP contribution is -2.00. The molecule has 0 atom stereocenters. The zero-order valence-corrected chi connectivity index (χ0v) is 11.9. The highest BCUT2D eigenvalue weighted by atomic mass is 35.5. The Balaban J connectivity index is 1.89. The number of benzene rings is 1. The van der Waals surface area contributed by atoms with Crippen molar-refractivity contribution < 1.29 is 0 Å². The minimum absolute atomic E-state index is 0.648. The van der Waals surface area contributed by atoms with Gasteiger partial charge in [0.25, 0.3) is 0 Å². The third-order valence-corrected chi connectivity index (χ3v) is 4.28. The Morgan fingerprint density at radius 2 is 2.22 bits per heavy atom. The number of hydrogen-bond donors (Lipinski definition) is 1. The van der Waals surface area contributed by atoms with Crippen molar-refractivity contribution in [3.63, 3.8) is 0 Å². The van der Waals surface area contributed by atoms with Gasteiger partial charge in [0.1, 0.15) is 16.0 Å². The normalized spacial score (nSPS) is 11.0. The standard InChI is InChI=1S/C11H9ClN4S2/c1-6-5-17-9(14-6)4-13-10-7(12)2-3-8-11(10)16-18-15-8/h2-3,5,13H,4H2,1H3. The molecule has 1 aromatic carbocycles. The highest BCUT2D eigenvalue weighted by molar-refractivity contribution is 7.09. The van der Waals surface area contributed by atoms with Crippen molar-refractivity contribution in [1.29, 1.82) is 0 Å². The Kier molecular flexibility index (Phi) is 3.15. The lowest BCUT2D eigenvalue weighted by Gasteiger charge is -2.06. The third-order valence-electron chi connectivity index (χ3n) is 2.46. The van der Waals surface area contributed by atoms with Gasteiger partial charge in [-0.15, -0.1) is 11.3 Å². The first-order valence-corrected chi connectivity index (χ1v) is 7.28. The van der Waals surface area contributed by atoms with Crippen LogP contribution in [-0.2, 0) is 6.54 Å². The molecule has 18 heavy (non-hydrogen) atoms. The Morgan fingerprint density at radius 3 is 3.00 bits per heavy atom. The molecule has 0 saturated carbocycles. The summed E-state index contributed by atoms with van der Waals surface area (Å²) in [6, 6.07) is 3.71. The van der Waals surface area contributed by atoms with Gasteiger partial charge >= 0.3 is 0 Å². The summed E-state index contributed by atoms with van der Waals surface area (Å²) in [5.41, 5.74) is 3.55. The van der Waals surface area contributed by atoms with Gasteiger partial charge in [-0.05, 0) is 19.1 Å². The number of rotatable bonds is 3. The van der Waals surface area contributed by atoms with E-state index in [0.717, 1.165) is 27.4 Å². The van der Waals surface area contributed by atoms with Gasteiger partial charge in [-0.25, -0.2) is 4.98 Å². The summed E-state index contributed by atoms with van der Waals surface area (Å²) >= 11 is 9.01. The number of aromatic nitrogens is 3. The highest BCUT2D eigenvalue weighted by Gasteiger charge is 2.10. The molecular formula is C11H9ClN4S2. The lowest BCUT2D eigenvalue weighted by atomic mass is 10.2. The summed E-state index contributed by atoms with van der Waals surface area (Å²) in [6.45, 7) is 2.63. The largest absolute Gasteiger partial charge is 0.375 e. The summed E-state index contributed by atoms with van der Waals surface area (Å²) in [7, 11) is 0. The van der Waals surface area contributed by atoms with E-state index in [0.29, 0.717) is 11.6 Å². The second kappa shape index (κ2) is 4.79. The maximum atomic E-state index is 6.19. The first-order chi connectivity index (χ1) is 8.74. The SMILES string of the molecule is Cc1csc(CNc2c(Cl)ccc3nsnc23)n1. The van der Waals surface area contributed by atoms with Crippen LogP contribution in [-0.4, -0.2) is 13.7 Å². The second-order valence-electron chi connectivity index (χ2n) is 3.79. The van der Waals surface area contributed by atoms with E-state index in [1.54, 1.807) is 11.3 Å². The molecule has 0 aliphatic carbocycles. The number of fused-ring (bicyclic) bond motifs is 1. The van der Waals surface area contributed by atoms with E-state index in [9.17, 15) is 0 Å². The van der Waals surface area contributed by atoms with Crippen molar-refractivity contribution in [3.8, 4) is 0 Å². The predicted molar refractivity (Wildman–Crippen MR) is 76.6 cm³/mol. The summed E-state index contributed by atoms with van der Waals surface area (Å²) < 4.78 is 8.46. The van der Waals surface area contributed by atoms with Crippen molar-refractivity contribution in [2.75, 3.05) is 5.32 Å². The van der Waals surface area contributed by atoms with Crippen molar-refractivity contribution in [2.45, 2.75) is 13.5 Å². The van der Waals surface area contributed by atoms with Crippen molar-refractivity contribution >= 4 is 51.4 Å². The smallest absolute Gasteiger partial charge is 0.129 e. The molecule has 0 amide bonds. The third kappa shape index (κ3) is 2.19. The number of aryl methyl sites for hydroxylation is 1. The molecule has 2 aromatic heterocycles. The Morgan fingerprint density at radius 1 is 1.33 bits per heavy atom. The predicted octanol–water partition coefficient (Wildman–Crippen LogP) is 3.72. The van der Waals surface area contributed by atoms with E-state index < -0.39 is 0 Å². The zero-order chi connectivity index (χ0) is 12.5. The monoisotopic (exact) mass is 296 g/mol. The van der Waals surface area contributed by atoms with Gasteiger partial charge in [-0.1, -0.05) is 11.6 Å². The van der Waals surface area contributed by atoms with Gasteiger partial charge in [-0.3, -0.25) is 0 Å². The average molecular weight is 297 g/mol. The fourth-order valence-corrected chi connectivity index (χ4v) is 3.12. The van der Waals surface area contributed by atoms with Crippen molar-refractivity contribution in [1.82, 2.24) is 13.7 Å². The molecule has 0 spiro atoms. The summed E-state index contributed by atoms with van der Waals surface area (Å²) in [5.74, 6) is 0. The number of halogens is 1. The van der Waals surface area contributed by atoms with Gasteiger partial charge in [0.2, 0.25) is 0 Å². The van der Waals surface area contributed by atoms with Crippen LogP contribution < -0.4 is 5.32 Å². The summed E-state index contributed by atoms with van der Waals surface area (Å²) in [5, 5.41) is 7.01. The van der Waals surface area contributed by atoms with Crippen LogP contribution in [0, 0.1) is 6.92 Å². The number of hydrogen-bond acceptors (Lipinski definition) is 6. The van der Waals surface area contributed by atoms with Crippen LogP contribution >= 0.6 is 34.7 Å². The number of nitrogens with one attached hydrogen (secondary N) is 1. The maximum Gasteiger partial charge on any atom is 0.129 e. The molecule has 7 heteroatoms. The Labute approximate surface area is 117 Å². The fourth-order valence-electron chi connectivity index (χ4n) is 1.64. The average Bonchev–Trinajstić information content (AvgIpc) is 2.96. The summed E-state index contributed by atoms with van der Waals surface area (Å²) in [4.78, 5) is 4.40. The molecule has 4 nitrogen and oxygen atoms in total. The molecule has 3 rings (SSSR count). The van der Waals surface area contributed by atoms with E-state index >= 15 is 0 Å². The first-order valence-electron chi connectivity index (χ1n) is 5.29. The minimum atomic E-state index is 0.648. The molecule has 0 radical (unpaired) electrons. The maximum absolute atomic E-state index is 6.19. The van der Waals surface area contributed by atoms with Crippen LogP contribution in [0.2, 0.25) is 5.02 Å². The number of thiazole rings is 1. The second-order valence-corrected chi connectivity index (χ2v) is 5.67. The molecule has 0 fully saturated rings. The van der Waals surface area contributed by atoms with Crippen LogP contribution in [0.15, 0.2) is 17.5 Å². The molecule has 0 saturated heterocycles. The van der Waals surface area contributed by atoms with Gasteiger partial charge in [-0.2, -0.15) is 8.75 Å². The van der Waals surface area contributed by atoms with Crippen LogP contribution in [0.25, 0.3) is 11.0 Å². The van der Waals surface area contributed by atoms with Gasteiger partial charge in [0.05, 0.1) is 29.0 Å². The number of nitrogens with zero attached hydrogens (tertiary/aromatic N) is 3. The van der Waals surface area contributed by atoms with E-state index in [4.69, 9.17) is 11.6 Å². The van der Waals surface area contributed by atoms with Gasteiger partial charge in [0, 0.05) is 11.1 Å². The first kappa shape index (κ1) is 11.8. The molecule has 0 aliphatic heterocycles. The van der Waals surface area contributed by atoms with Gasteiger partial charge in [0.15, 0.2) is 0 Å². The fraction of sp³-hybridized carbons (Fsp3) is 0.182. The van der Waals surface area contributed by atoms with E-state index in [2.05, 4.69) is 19.0 Å². The van der Waals surface area contributed by atoms with Gasteiger partial charge < -0.3 is 5.32 Å². The highest BCUT2D eigenvalue weighted by Crippen LogP contribution is 2.30. The van der Waals surface area contributed by atoms with E-state index in [-0.39, 0.29) is 0 Å². The summed E-state index contributed by atoms with van der Waals surface area (Å²) in [6.07, 6.45) is 0. The Bertz CT molecular complexity index is 691. The van der Waals surface area contributed by atoms with Crippen LogP contribution in [0.4, 0.5) is 5.69 Å². The van der Waals surface area contributed by atoms with Crippen LogP contribution in [0.5, 0.6) is 0 Å². The van der Waals surface area contributed by atoms with E-state index in [1.807, 2.05) is 24.4 Å². The molecule has 0 bridgehead atoms. The molecule has 92 valence electrons. The minimum Gasteiger partial charge on any atom is -0.375 e. The Hall–Kier alpha value is -1.24. The molecule has 0 aliphatic rings. The van der Waals surface area contributed by atoms with Crippen molar-refractivity contribution in [2.24, 2.45) is 0 Å². The number of anilines is 1.